The first-order chi connectivity index (χ1) is 17.5. The molecule has 4 aromatic carbocycles. The van der Waals surface area contributed by atoms with Gasteiger partial charge in [0.2, 0.25) is 5.91 Å². The van der Waals surface area contributed by atoms with Gasteiger partial charge in [-0.3, -0.25) is 9.59 Å². The SMILES string of the molecule is COc1ccc(NC(=O)C(c2ccccc2)N(Cc2ccccc2C)C(=O)Cc2ccccc2)cc1. The second kappa shape index (κ2) is 11.8. The molecule has 0 saturated heterocycles. The molecule has 1 atom stereocenters. The van der Waals surface area contributed by atoms with Gasteiger partial charge in [0, 0.05) is 12.2 Å². The number of amides is 2. The average molecular weight is 479 g/mol. The van der Waals surface area contributed by atoms with Gasteiger partial charge in [-0.25, -0.2) is 0 Å². The zero-order chi connectivity index (χ0) is 25.3. The zero-order valence-corrected chi connectivity index (χ0v) is 20.6. The molecule has 1 unspecified atom stereocenters. The largest absolute Gasteiger partial charge is 0.497 e. The number of ether oxygens (including phenoxy) is 1. The van der Waals surface area contributed by atoms with E-state index in [2.05, 4.69) is 5.32 Å². The quantitative estimate of drug-likeness (QED) is 0.323. The van der Waals surface area contributed by atoms with Crippen LogP contribution in [0, 0.1) is 6.92 Å². The van der Waals surface area contributed by atoms with Crippen LogP contribution in [0.1, 0.15) is 28.3 Å². The molecule has 4 aromatic rings. The first-order valence-electron chi connectivity index (χ1n) is 11.9. The van der Waals surface area contributed by atoms with E-state index < -0.39 is 6.04 Å². The molecule has 0 aromatic heterocycles. The standard InChI is InChI=1S/C31H30N2O3/c1-23-11-9-10-16-26(23)22-33(29(34)21-24-12-5-3-6-13-24)30(25-14-7-4-8-15-25)31(35)32-27-17-19-28(36-2)20-18-27/h3-20,30H,21-22H2,1-2H3,(H,32,35). The Morgan fingerprint density at radius 1 is 0.806 bits per heavy atom. The fourth-order valence-electron chi connectivity index (χ4n) is 4.16. The molecular weight excluding hydrogens is 448 g/mol. The van der Waals surface area contributed by atoms with E-state index in [0.717, 1.165) is 22.3 Å². The van der Waals surface area contributed by atoms with E-state index in [-0.39, 0.29) is 18.2 Å². The van der Waals surface area contributed by atoms with Crippen LogP contribution in [-0.2, 0) is 22.6 Å². The molecule has 0 aliphatic heterocycles. The molecule has 0 spiro atoms. The van der Waals surface area contributed by atoms with E-state index in [1.165, 1.54) is 0 Å². The van der Waals surface area contributed by atoms with Crippen LogP contribution < -0.4 is 10.1 Å². The average Bonchev–Trinajstić information content (AvgIpc) is 2.91. The number of hydrogen-bond acceptors (Lipinski definition) is 3. The smallest absolute Gasteiger partial charge is 0.251 e. The van der Waals surface area contributed by atoms with Crippen molar-refractivity contribution in [3.8, 4) is 5.75 Å². The highest BCUT2D eigenvalue weighted by Gasteiger charge is 2.32. The number of rotatable bonds is 9. The third-order valence-corrected chi connectivity index (χ3v) is 6.15. The van der Waals surface area contributed by atoms with Crippen molar-refractivity contribution >= 4 is 17.5 Å². The van der Waals surface area contributed by atoms with E-state index in [0.29, 0.717) is 18.0 Å². The Morgan fingerprint density at radius 2 is 1.42 bits per heavy atom. The van der Waals surface area contributed by atoms with Gasteiger partial charge in [-0.1, -0.05) is 84.9 Å². The fraction of sp³-hybridized carbons (Fsp3) is 0.161. The van der Waals surface area contributed by atoms with E-state index in [1.54, 1.807) is 36.3 Å². The predicted octanol–water partition coefficient (Wildman–Crippen LogP) is 5.95. The summed E-state index contributed by atoms with van der Waals surface area (Å²) in [5.74, 6) is 0.302. The van der Waals surface area contributed by atoms with Crippen LogP contribution >= 0.6 is 0 Å². The summed E-state index contributed by atoms with van der Waals surface area (Å²) in [6, 6.07) is 33.4. The van der Waals surface area contributed by atoms with Gasteiger partial charge in [0.05, 0.1) is 13.5 Å². The second-order valence-electron chi connectivity index (χ2n) is 8.64. The van der Waals surface area contributed by atoms with Gasteiger partial charge in [0.15, 0.2) is 0 Å². The molecule has 2 amide bonds. The van der Waals surface area contributed by atoms with Crippen LogP contribution in [0.5, 0.6) is 5.75 Å². The maximum absolute atomic E-state index is 13.8. The van der Waals surface area contributed by atoms with Crippen LogP contribution in [0.25, 0.3) is 0 Å². The van der Waals surface area contributed by atoms with E-state index >= 15 is 0 Å². The number of aryl methyl sites for hydroxylation is 1. The lowest BCUT2D eigenvalue weighted by atomic mass is 10.0. The van der Waals surface area contributed by atoms with Crippen LogP contribution in [0.3, 0.4) is 0 Å². The maximum Gasteiger partial charge on any atom is 0.251 e. The van der Waals surface area contributed by atoms with Crippen LogP contribution in [0.4, 0.5) is 5.69 Å². The maximum atomic E-state index is 13.8. The van der Waals surface area contributed by atoms with Crippen LogP contribution in [-0.4, -0.2) is 23.8 Å². The third-order valence-electron chi connectivity index (χ3n) is 6.15. The Labute approximate surface area is 212 Å². The number of nitrogens with one attached hydrogen (secondary N) is 1. The molecule has 0 saturated carbocycles. The van der Waals surface area contributed by atoms with Crippen molar-refractivity contribution in [3.63, 3.8) is 0 Å². The lowest BCUT2D eigenvalue weighted by Gasteiger charge is -2.32. The van der Waals surface area contributed by atoms with Crippen LogP contribution in [0.2, 0.25) is 0 Å². The Kier molecular flexibility index (Phi) is 8.14. The number of hydrogen-bond donors (Lipinski definition) is 1. The van der Waals surface area contributed by atoms with Crippen molar-refractivity contribution < 1.29 is 14.3 Å². The molecule has 5 heteroatoms. The molecule has 0 aliphatic rings. The summed E-state index contributed by atoms with van der Waals surface area (Å²) >= 11 is 0. The highest BCUT2D eigenvalue weighted by atomic mass is 16.5. The normalized spacial score (nSPS) is 11.4. The molecule has 5 nitrogen and oxygen atoms in total. The van der Waals surface area contributed by atoms with Crippen molar-refractivity contribution in [3.05, 3.63) is 131 Å². The summed E-state index contributed by atoms with van der Waals surface area (Å²) in [7, 11) is 1.60. The van der Waals surface area contributed by atoms with Gasteiger partial charge in [-0.15, -0.1) is 0 Å². The van der Waals surface area contributed by atoms with Gasteiger partial charge < -0.3 is 15.0 Å². The first-order valence-corrected chi connectivity index (χ1v) is 11.9. The molecule has 1 N–H and O–H groups in total. The minimum Gasteiger partial charge on any atom is -0.497 e. The molecule has 0 heterocycles. The number of anilines is 1. The molecule has 182 valence electrons. The summed E-state index contributed by atoms with van der Waals surface area (Å²) in [6.45, 7) is 2.33. The van der Waals surface area contributed by atoms with Gasteiger partial charge in [-0.2, -0.15) is 0 Å². The van der Waals surface area contributed by atoms with E-state index in [9.17, 15) is 9.59 Å². The monoisotopic (exact) mass is 478 g/mol. The molecule has 0 aliphatic carbocycles. The number of nitrogens with zero attached hydrogens (tertiary/aromatic N) is 1. The van der Waals surface area contributed by atoms with Gasteiger partial charge in [0.1, 0.15) is 11.8 Å². The third kappa shape index (κ3) is 6.19. The molecule has 0 radical (unpaired) electrons. The Bertz CT molecular complexity index is 1290. The Balaban J connectivity index is 1.72. The van der Waals surface area contributed by atoms with E-state index in [4.69, 9.17) is 4.74 Å². The molecular formula is C31H30N2O3. The predicted molar refractivity (Wildman–Crippen MR) is 143 cm³/mol. The zero-order valence-electron chi connectivity index (χ0n) is 20.6. The topological polar surface area (TPSA) is 58.6 Å². The summed E-state index contributed by atoms with van der Waals surface area (Å²) < 4.78 is 5.23. The van der Waals surface area contributed by atoms with Crippen molar-refractivity contribution in [2.45, 2.75) is 25.9 Å². The van der Waals surface area contributed by atoms with Crippen LogP contribution in [0.15, 0.2) is 109 Å². The first kappa shape index (κ1) is 24.7. The van der Waals surface area contributed by atoms with Crippen molar-refractivity contribution in [1.82, 2.24) is 4.90 Å². The number of benzene rings is 4. The number of carbonyl (C=O) groups excluding carboxylic acids is 2. The summed E-state index contributed by atoms with van der Waals surface area (Å²) in [5.41, 5.74) is 4.35. The minimum absolute atomic E-state index is 0.122. The van der Waals surface area contributed by atoms with E-state index in [1.807, 2.05) is 91.9 Å². The summed E-state index contributed by atoms with van der Waals surface area (Å²) in [6.07, 6.45) is 0.200. The lowest BCUT2D eigenvalue weighted by Crippen LogP contribution is -2.41. The fourth-order valence-corrected chi connectivity index (χ4v) is 4.16. The molecule has 4 rings (SSSR count). The highest BCUT2D eigenvalue weighted by Crippen LogP contribution is 2.27. The summed E-state index contributed by atoms with van der Waals surface area (Å²) in [4.78, 5) is 29.3. The van der Waals surface area contributed by atoms with Gasteiger partial charge in [-0.05, 0) is 53.4 Å². The van der Waals surface area contributed by atoms with Crippen molar-refractivity contribution in [2.24, 2.45) is 0 Å². The second-order valence-corrected chi connectivity index (χ2v) is 8.64. The van der Waals surface area contributed by atoms with Gasteiger partial charge in [0.25, 0.3) is 5.91 Å². The molecule has 0 bridgehead atoms. The number of carbonyl (C=O) groups is 2. The molecule has 36 heavy (non-hydrogen) atoms. The van der Waals surface area contributed by atoms with Crippen molar-refractivity contribution in [2.75, 3.05) is 12.4 Å². The lowest BCUT2D eigenvalue weighted by molar-refractivity contribution is -0.139. The number of methoxy groups -OCH3 is 1. The van der Waals surface area contributed by atoms with Gasteiger partial charge >= 0.3 is 0 Å². The Hall–Kier alpha value is -4.38. The highest BCUT2D eigenvalue weighted by molar-refractivity contribution is 5.98. The van der Waals surface area contributed by atoms with Crippen molar-refractivity contribution in [1.29, 1.82) is 0 Å². The summed E-state index contributed by atoms with van der Waals surface area (Å²) in [5, 5.41) is 3.00. The molecule has 0 fully saturated rings. The minimum atomic E-state index is -0.816. The Morgan fingerprint density at radius 3 is 2.06 bits per heavy atom.